The minimum absolute atomic E-state index is 0.0560. The molecule has 7 nitrogen and oxygen atoms in total. The maximum Gasteiger partial charge on any atom is 0.394 e. The normalized spacial score (nSPS) is 24.2. The second-order valence-corrected chi connectivity index (χ2v) is 12.0. The van der Waals surface area contributed by atoms with Gasteiger partial charge in [-0.1, -0.05) is 17.7 Å². The van der Waals surface area contributed by atoms with Gasteiger partial charge >= 0.3 is 6.18 Å². The first kappa shape index (κ1) is 25.0. The first-order valence-electron chi connectivity index (χ1n) is 11.2. The number of aromatic nitrogens is 1. The lowest BCUT2D eigenvalue weighted by molar-refractivity contribution is -0.340. The highest BCUT2D eigenvalue weighted by Crippen LogP contribution is 2.78. The lowest BCUT2D eigenvalue weighted by Gasteiger charge is -2.69. The van der Waals surface area contributed by atoms with Crippen molar-refractivity contribution in [3.8, 4) is 0 Å². The molecule has 1 atom stereocenters. The predicted molar refractivity (Wildman–Crippen MR) is 129 cm³/mol. The quantitative estimate of drug-likeness (QED) is 0.426. The molecule has 3 N–H and O–H groups in total. The maximum absolute atomic E-state index is 13.4. The molecule has 0 aliphatic heterocycles. The average molecular weight is 542 g/mol. The van der Waals surface area contributed by atoms with Gasteiger partial charge in [0, 0.05) is 16.5 Å². The molecule has 3 saturated carbocycles. The molecule has 0 radical (unpaired) electrons. The summed E-state index contributed by atoms with van der Waals surface area (Å²) in [5.74, 6) is 0.293. The number of fused-ring (bicyclic) bond motifs is 1. The number of primary sulfonamides is 1. The minimum Gasteiger partial charge on any atom is -0.460 e. The molecule has 2 bridgehead atoms. The van der Waals surface area contributed by atoms with E-state index in [1.165, 1.54) is 12.1 Å². The zero-order chi connectivity index (χ0) is 26.4. The van der Waals surface area contributed by atoms with E-state index in [1.54, 1.807) is 32.9 Å². The zero-order valence-electron chi connectivity index (χ0n) is 19.6. The molecule has 12 heteroatoms. The molecular formula is C24H23ClF3N3O4S. The summed E-state index contributed by atoms with van der Waals surface area (Å²) >= 11 is 5.85. The van der Waals surface area contributed by atoms with Crippen LogP contribution < -0.4 is 15.9 Å². The smallest absolute Gasteiger partial charge is 0.394 e. The van der Waals surface area contributed by atoms with Gasteiger partial charge in [0.1, 0.15) is 16.5 Å². The highest BCUT2D eigenvalue weighted by molar-refractivity contribution is 7.89. The van der Waals surface area contributed by atoms with Gasteiger partial charge in [-0.25, -0.2) is 18.5 Å². The van der Waals surface area contributed by atoms with Crippen molar-refractivity contribution in [2.45, 2.75) is 62.7 Å². The summed E-state index contributed by atoms with van der Waals surface area (Å²) in [6, 6.07) is 5.69. The first-order valence-corrected chi connectivity index (χ1v) is 13.1. The van der Waals surface area contributed by atoms with Crippen molar-refractivity contribution in [1.82, 2.24) is 4.98 Å². The minimum atomic E-state index is -4.28. The molecule has 3 fully saturated rings. The van der Waals surface area contributed by atoms with Gasteiger partial charge in [-0.2, -0.15) is 13.2 Å². The van der Waals surface area contributed by atoms with Crippen LogP contribution in [0.3, 0.4) is 0 Å². The molecule has 1 aromatic carbocycles. The third kappa shape index (κ3) is 3.62. The fourth-order valence-electron chi connectivity index (χ4n) is 5.78. The van der Waals surface area contributed by atoms with E-state index in [-0.39, 0.29) is 41.1 Å². The van der Waals surface area contributed by atoms with Gasteiger partial charge in [-0.05, 0) is 63.8 Å². The first-order chi connectivity index (χ1) is 16.6. The highest BCUT2D eigenvalue weighted by Gasteiger charge is 2.80. The lowest BCUT2D eigenvalue weighted by atomic mass is 9.34. The van der Waals surface area contributed by atoms with Gasteiger partial charge in [0.2, 0.25) is 0 Å². The van der Waals surface area contributed by atoms with Crippen LogP contribution in [0, 0.1) is 19.3 Å². The number of nitrogens with two attached hydrogens (primary N) is 1. The Bertz CT molecular complexity index is 1580. The van der Waals surface area contributed by atoms with E-state index in [2.05, 4.69) is 10.3 Å². The fraction of sp³-hybridized carbons (Fsp3) is 0.417. The average Bonchev–Trinajstić information content (AvgIpc) is 2.69. The van der Waals surface area contributed by atoms with Gasteiger partial charge in [0.15, 0.2) is 10.5 Å². The Morgan fingerprint density at radius 3 is 2.42 bits per heavy atom. The molecule has 3 aromatic rings. The summed E-state index contributed by atoms with van der Waals surface area (Å²) in [5, 5.41) is 8.15. The molecule has 36 heavy (non-hydrogen) atoms. The summed E-state index contributed by atoms with van der Waals surface area (Å²) < 4.78 is 70.7. The van der Waals surface area contributed by atoms with Gasteiger partial charge < -0.3 is 9.73 Å². The zero-order valence-corrected chi connectivity index (χ0v) is 21.2. The van der Waals surface area contributed by atoms with Gasteiger partial charge in [0.25, 0.3) is 10.0 Å². The Morgan fingerprint density at radius 1 is 1.19 bits per heavy atom. The second kappa shape index (κ2) is 7.69. The van der Waals surface area contributed by atoms with E-state index in [0.29, 0.717) is 22.3 Å². The number of alkyl halides is 3. The Kier molecular flexibility index (Phi) is 5.35. The monoisotopic (exact) mass is 541 g/mol. The number of aryl methyl sites for hydroxylation is 1. The summed E-state index contributed by atoms with van der Waals surface area (Å²) in [6.45, 7) is 5.11. The van der Waals surface area contributed by atoms with Gasteiger partial charge in [-0.15, -0.1) is 0 Å². The van der Waals surface area contributed by atoms with Crippen LogP contribution in [0.5, 0.6) is 0 Å². The number of nitrogens with one attached hydrogen (secondary N) is 1. The summed E-state index contributed by atoms with van der Waals surface area (Å²) in [5.41, 5.74) is -0.831. The van der Waals surface area contributed by atoms with Crippen LogP contribution in [0.25, 0.3) is 11.0 Å². The van der Waals surface area contributed by atoms with E-state index >= 15 is 0 Å². The number of rotatable bonds is 5. The maximum atomic E-state index is 13.4. The number of benzene rings is 1. The number of anilines is 1. The Labute approximate surface area is 209 Å². The summed E-state index contributed by atoms with van der Waals surface area (Å²) in [4.78, 5) is 17.1. The molecule has 2 aromatic heterocycles. The SMILES string of the molecule is Cc1cc(C(C)Nc2ccc(Cl)nc2S(N)(=O)=O)c2oc(C34CC(C(F)(F)F)(C3)C4)c(C)c(=O)c2c1. The fourth-order valence-corrected chi connectivity index (χ4v) is 6.64. The molecular weight excluding hydrogens is 519 g/mol. The van der Waals surface area contributed by atoms with Crippen molar-refractivity contribution in [3.63, 3.8) is 0 Å². The van der Waals surface area contributed by atoms with Crippen LogP contribution in [-0.2, 0) is 15.4 Å². The van der Waals surface area contributed by atoms with Crippen LogP contribution in [-0.4, -0.2) is 19.6 Å². The van der Waals surface area contributed by atoms with E-state index in [9.17, 15) is 26.4 Å². The highest BCUT2D eigenvalue weighted by atomic mass is 35.5. The van der Waals surface area contributed by atoms with Crippen molar-refractivity contribution in [3.05, 3.63) is 62.1 Å². The lowest BCUT2D eigenvalue weighted by Crippen LogP contribution is -2.70. The predicted octanol–water partition coefficient (Wildman–Crippen LogP) is 5.26. The largest absolute Gasteiger partial charge is 0.460 e. The van der Waals surface area contributed by atoms with Gasteiger partial charge in [-0.3, -0.25) is 4.79 Å². The number of halogens is 4. The molecule has 6 rings (SSSR count). The third-order valence-corrected chi connectivity index (χ3v) is 8.50. The van der Waals surface area contributed by atoms with Crippen LogP contribution in [0.15, 0.2) is 38.5 Å². The summed E-state index contributed by atoms with van der Waals surface area (Å²) in [6.07, 6.45) is -4.57. The van der Waals surface area contributed by atoms with Crippen molar-refractivity contribution >= 4 is 38.3 Å². The molecule has 0 spiro atoms. The molecule has 2 heterocycles. The summed E-state index contributed by atoms with van der Waals surface area (Å²) in [7, 11) is -4.20. The van der Waals surface area contributed by atoms with Crippen molar-refractivity contribution in [1.29, 1.82) is 0 Å². The Hall–Kier alpha value is -2.63. The van der Waals surface area contributed by atoms with E-state index < -0.39 is 38.1 Å². The van der Waals surface area contributed by atoms with Crippen LogP contribution >= 0.6 is 11.6 Å². The third-order valence-electron chi connectivity index (χ3n) is 7.44. The van der Waals surface area contributed by atoms with E-state index in [1.807, 2.05) is 0 Å². The van der Waals surface area contributed by atoms with Crippen LogP contribution in [0.4, 0.5) is 18.9 Å². The van der Waals surface area contributed by atoms with Crippen molar-refractivity contribution < 1.29 is 26.0 Å². The number of hydrogen-bond donors (Lipinski definition) is 2. The number of sulfonamides is 1. The second-order valence-electron chi connectivity index (χ2n) is 10.1. The molecule has 3 aliphatic carbocycles. The molecule has 0 saturated heterocycles. The Balaban J connectivity index is 1.60. The van der Waals surface area contributed by atoms with Crippen molar-refractivity contribution in [2.75, 3.05) is 5.32 Å². The van der Waals surface area contributed by atoms with Crippen LogP contribution in [0.1, 0.15) is 54.7 Å². The topological polar surface area (TPSA) is 115 Å². The number of pyridine rings is 1. The molecule has 192 valence electrons. The number of nitrogens with zero attached hydrogens (tertiary/aromatic N) is 1. The standard InChI is InChI=1S/C24H23ClF3N3O4S/c1-11-6-14(13(3)30-16-4-5-17(25)31-21(16)36(29,33)34)19-15(7-11)18(32)12(2)20(35-19)22-8-23(9-22,10-22)24(26,27)28/h4-7,13,30H,8-10H2,1-3H3,(H2,29,33,34). The van der Waals surface area contributed by atoms with E-state index in [0.717, 1.165) is 5.56 Å². The van der Waals surface area contributed by atoms with Gasteiger partial charge in [0.05, 0.1) is 22.5 Å². The number of hydrogen-bond acceptors (Lipinski definition) is 6. The Morgan fingerprint density at radius 2 is 1.83 bits per heavy atom. The van der Waals surface area contributed by atoms with E-state index in [4.69, 9.17) is 21.2 Å². The van der Waals surface area contributed by atoms with Crippen molar-refractivity contribution in [2.24, 2.45) is 10.6 Å². The molecule has 0 amide bonds. The molecule has 1 unspecified atom stereocenters. The van der Waals surface area contributed by atoms with Crippen LogP contribution in [0.2, 0.25) is 5.15 Å². The molecule has 3 aliphatic rings.